The molecule has 0 saturated heterocycles. The summed E-state index contributed by atoms with van der Waals surface area (Å²) in [6.45, 7) is 12.9. The Kier molecular flexibility index (Phi) is 32.8. The number of aromatic carboxylic acids is 6. The van der Waals surface area contributed by atoms with E-state index in [2.05, 4.69) is 35.4 Å². The maximum atomic E-state index is 12.4. The quantitative estimate of drug-likeness (QED) is 0.0195. The summed E-state index contributed by atoms with van der Waals surface area (Å²) in [5.74, 6) is -7.50. The Hall–Kier alpha value is -15.9. The van der Waals surface area contributed by atoms with Crippen LogP contribution < -0.4 is 0 Å². The van der Waals surface area contributed by atoms with Gasteiger partial charge >= 0.3 is 35.8 Å². The van der Waals surface area contributed by atoms with Gasteiger partial charge in [-0.2, -0.15) is 5.21 Å². The Morgan fingerprint density at radius 1 is 0.344 bits per heavy atom. The van der Waals surface area contributed by atoms with Gasteiger partial charge in [-0.25, -0.2) is 38.6 Å². The van der Waals surface area contributed by atoms with Crippen molar-refractivity contribution < 1.29 is 88.2 Å². The normalized spacial score (nSPS) is 10.2. The van der Waals surface area contributed by atoms with Crippen molar-refractivity contribution in [2.24, 2.45) is 0 Å². The third-order valence-corrected chi connectivity index (χ3v) is 20.0. The zero-order valence-electron chi connectivity index (χ0n) is 65.5. The molecule has 7 N–H and O–H groups in total. The minimum Gasteiger partial charge on any atom is -0.478 e. The highest BCUT2D eigenvalue weighted by atomic mass is 32.1. The fraction of sp³-hybridized carbons (Fsp3) is 0.0947. The molecular formula is C95H75N7O18S2. The number of nitrogens with one attached hydrogen (secondary N) is 1. The second-order valence-electron chi connectivity index (χ2n) is 26.8. The number of tetrazole rings is 1. The number of aryl methyl sites for hydroxylation is 3. The molecule has 0 aliphatic heterocycles. The number of carbonyl (C=O) groups excluding carboxylic acids is 6. The van der Waals surface area contributed by atoms with Gasteiger partial charge in [0.15, 0.2) is 40.4 Å². The summed E-state index contributed by atoms with van der Waals surface area (Å²) in [4.78, 5) is 153. The van der Waals surface area contributed by atoms with Crippen LogP contribution in [0.1, 0.15) is 173 Å². The van der Waals surface area contributed by atoms with Crippen LogP contribution >= 0.6 is 22.7 Å². The van der Waals surface area contributed by atoms with Crippen LogP contribution in [0.3, 0.4) is 0 Å². The van der Waals surface area contributed by atoms with Crippen molar-refractivity contribution in [3.05, 3.63) is 412 Å². The second-order valence-corrected chi connectivity index (χ2v) is 29.0. The topological polar surface area (TPSA) is 411 Å². The number of hydrogen-bond donors (Lipinski definition) is 7. The number of thiazole rings is 1. The number of thiophene rings is 1. The van der Waals surface area contributed by atoms with Crippen LogP contribution in [-0.4, -0.2) is 132 Å². The standard InChI is InChI=1S/C18H13NO3S.C17H13NO3.C16H12N4O3.C16H14O3.C15H13NO3.C13H10O3S/c20-16(14-8-4-5-9-15(14)18(21)22)10-13-11-19-17(23-13)12-6-2-1-3-7-12;1-11-3-5-12(6-4-11)9-16(19)15-10-13(18-2)7-8-14(15)17(20)21;21-14(12-3-1-2-4-13(12)16(22)23)9-10-5-7-11(8-6-10)15-17-19-20-18-15;1-11-6-8-12(9-7-11)10-15(17)13-4-2-3-5-14(13)16(18)19;1-10-2-4-11(5-3-10)8-14(17)12-6-7-16-9-13(12)15(18)19;14-12(8-9-4-3-7-17-9)10-5-1-2-6-11(10)13(15)16/h1-9,11H,10H2,(H,21,22);3-8,10H,9H2,1H3,(H,20,21);1-8H,9H2,(H,22,23)(H,17,18,19,20);2-9H,10H2,1H3,(H,18,19);2-7,9H,8H2,1H3,(H,18,19);1-7H,8H2,(H,15,16). The number of carbonyl (C=O) groups is 12. The molecule has 0 saturated carbocycles. The fourth-order valence-electron chi connectivity index (χ4n) is 11.8. The molecular weight excluding hydrogens is 1590 g/mol. The third-order valence-electron chi connectivity index (χ3n) is 18.0. The van der Waals surface area contributed by atoms with Gasteiger partial charge in [0.05, 0.1) is 40.0 Å². The first-order valence-corrected chi connectivity index (χ1v) is 38.8. The van der Waals surface area contributed by atoms with E-state index in [-0.39, 0.29) is 146 Å². The van der Waals surface area contributed by atoms with Gasteiger partial charge in [-0.15, -0.1) is 32.9 Å². The first-order valence-electron chi connectivity index (χ1n) is 37.1. The molecule has 27 heteroatoms. The molecule has 14 rings (SSSR count). The van der Waals surface area contributed by atoms with Gasteiger partial charge in [-0.05, 0) is 96.1 Å². The Labute approximate surface area is 706 Å². The van der Waals surface area contributed by atoms with Gasteiger partial charge in [0, 0.05) is 111 Å². The lowest BCUT2D eigenvalue weighted by atomic mass is 9.97. The molecule has 0 radical (unpaired) electrons. The number of aromatic nitrogens is 6. The second kappa shape index (κ2) is 44.4. The minimum atomic E-state index is -1.17. The summed E-state index contributed by atoms with van der Waals surface area (Å²) in [5.41, 5.74) is 10.0. The van der Waals surface area contributed by atoms with Crippen molar-refractivity contribution >= 4 is 98.9 Å². The smallest absolute Gasteiger partial charge is 0.338 e. The van der Waals surface area contributed by atoms with Crippen LogP contribution in [0.5, 0.6) is 0 Å². The SMILES string of the molecule is Cc1ccc(CC(=O)c2ccccc2C(=O)O)cc1.Cc1ccc(CC(=O)c2ccncc2C(=O)O)cc1.O=C(O)c1ccccc1C(=O)Cc1ccc(-c2nn[nH]n2)cc1.O=C(O)c1ccccc1C(=O)Cc1cccs1.O=C(O)c1ccccc1C(=O)Cc1cnc(-c2ccccc2)s1.[C-]#[N+]c1ccc(C(=O)O)c(C(=O)Cc2ccc(C)cc2)c1. The minimum absolute atomic E-state index is 0.0147. The molecule has 14 aromatic rings. The Bertz CT molecular complexity index is 6030. The van der Waals surface area contributed by atoms with Crippen molar-refractivity contribution in [3.8, 4) is 22.0 Å². The summed E-state index contributed by atoms with van der Waals surface area (Å²) in [5, 5.41) is 70.9. The van der Waals surface area contributed by atoms with Crippen molar-refractivity contribution in [3.63, 3.8) is 0 Å². The number of H-pyrrole nitrogens is 1. The molecule has 0 unspecified atom stereocenters. The van der Waals surface area contributed by atoms with Crippen LogP contribution in [0.25, 0.3) is 26.8 Å². The highest BCUT2D eigenvalue weighted by Gasteiger charge is 2.23. The van der Waals surface area contributed by atoms with Gasteiger partial charge in [-0.1, -0.05) is 235 Å². The maximum Gasteiger partial charge on any atom is 0.338 e. The maximum absolute atomic E-state index is 12.4. The molecule has 0 aliphatic rings. The first-order chi connectivity index (χ1) is 58.6. The van der Waals surface area contributed by atoms with Crippen molar-refractivity contribution in [1.29, 1.82) is 0 Å². The number of rotatable bonds is 26. The van der Waals surface area contributed by atoms with E-state index in [4.69, 9.17) is 32.1 Å². The van der Waals surface area contributed by atoms with Crippen molar-refractivity contribution in [2.45, 2.75) is 59.3 Å². The number of pyridine rings is 1. The molecule has 4 aromatic heterocycles. The highest BCUT2D eigenvalue weighted by molar-refractivity contribution is 7.15. The van der Waals surface area contributed by atoms with Crippen LogP contribution in [0, 0.1) is 27.3 Å². The van der Waals surface area contributed by atoms with Crippen LogP contribution in [0.4, 0.5) is 5.69 Å². The molecule has 0 fully saturated rings. The first kappa shape index (κ1) is 90.0. The molecule has 0 aliphatic carbocycles. The van der Waals surface area contributed by atoms with E-state index in [1.165, 1.54) is 89.7 Å². The van der Waals surface area contributed by atoms with E-state index in [9.17, 15) is 62.6 Å². The predicted octanol–water partition coefficient (Wildman–Crippen LogP) is 18.1. The number of aromatic amines is 1. The Balaban J connectivity index is 0.000000167. The number of ketones is 6. The largest absolute Gasteiger partial charge is 0.478 e. The monoisotopic (exact) mass is 1670 g/mol. The van der Waals surface area contributed by atoms with E-state index in [0.717, 1.165) is 64.8 Å². The van der Waals surface area contributed by atoms with Crippen molar-refractivity contribution in [1.82, 2.24) is 30.6 Å². The van der Waals surface area contributed by atoms with Gasteiger partial charge in [0.2, 0.25) is 5.82 Å². The number of Topliss-reactive ketones (excluding diaryl/α,β-unsaturated/α-hetero) is 6. The van der Waals surface area contributed by atoms with E-state index in [0.29, 0.717) is 5.82 Å². The fourth-order valence-corrected chi connectivity index (χ4v) is 13.4. The number of benzene rings is 10. The van der Waals surface area contributed by atoms with E-state index < -0.39 is 35.8 Å². The van der Waals surface area contributed by atoms with Gasteiger partial charge < -0.3 is 30.6 Å². The lowest BCUT2D eigenvalue weighted by Gasteiger charge is -2.06. The zero-order chi connectivity index (χ0) is 87.8. The summed E-state index contributed by atoms with van der Waals surface area (Å²) >= 11 is 2.94. The molecule has 0 atom stereocenters. The molecule has 4 heterocycles. The predicted molar refractivity (Wildman–Crippen MR) is 458 cm³/mol. The summed E-state index contributed by atoms with van der Waals surface area (Å²) < 4.78 is 0. The van der Waals surface area contributed by atoms with Gasteiger partial charge in [-0.3, -0.25) is 33.8 Å². The average molecular weight is 1670 g/mol. The Morgan fingerprint density at radius 3 is 1.07 bits per heavy atom. The zero-order valence-corrected chi connectivity index (χ0v) is 67.1. The summed E-state index contributed by atoms with van der Waals surface area (Å²) in [6.07, 6.45) is 5.33. The molecule has 0 bridgehead atoms. The molecule has 25 nitrogen and oxygen atoms in total. The van der Waals surface area contributed by atoms with Crippen LogP contribution in [-0.2, 0) is 38.5 Å². The van der Waals surface area contributed by atoms with E-state index >= 15 is 0 Å². The molecule has 610 valence electrons. The lowest BCUT2D eigenvalue weighted by Crippen LogP contribution is -2.11. The molecule has 0 spiro atoms. The number of carboxylic acids is 6. The van der Waals surface area contributed by atoms with Gasteiger partial charge in [0.25, 0.3) is 0 Å². The summed E-state index contributed by atoms with van der Waals surface area (Å²) in [6, 6.07) is 73.9. The third kappa shape index (κ3) is 26.3. The molecule has 122 heavy (non-hydrogen) atoms. The number of nitrogens with zero attached hydrogens (tertiary/aromatic N) is 6. The van der Waals surface area contributed by atoms with E-state index in [1.807, 2.05) is 141 Å². The van der Waals surface area contributed by atoms with Crippen LogP contribution in [0.2, 0.25) is 0 Å². The molecule has 10 aromatic carbocycles. The summed E-state index contributed by atoms with van der Waals surface area (Å²) in [7, 11) is 0. The number of carboxylic acid groups (broad SMARTS) is 6. The molecule has 0 amide bonds. The van der Waals surface area contributed by atoms with Crippen LogP contribution in [0.15, 0.2) is 285 Å². The van der Waals surface area contributed by atoms with E-state index in [1.54, 1.807) is 97.2 Å². The Morgan fingerprint density at radius 2 is 0.697 bits per heavy atom. The average Bonchev–Trinajstić information content (AvgIpc) is 0.865. The lowest BCUT2D eigenvalue weighted by molar-refractivity contribution is 0.0682. The van der Waals surface area contributed by atoms with Gasteiger partial charge in [0.1, 0.15) is 5.01 Å². The van der Waals surface area contributed by atoms with Crippen molar-refractivity contribution in [2.75, 3.05) is 0 Å². The highest BCUT2D eigenvalue weighted by Crippen LogP contribution is 2.28. The number of hydrogen-bond acceptors (Lipinski definition) is 19.